The molecule has 162 valence electrons. The predicted molar refractivity (Wildman–Crippen MR) is 104 cm³/mol. The molecule has 0 spiro atoms. The first kappa shape index (κ1) is 28.5. The van der Waals surface area contributed by atoms with Crippen LogP contribution in [0, 0.1) is 0 Å². The average molecular weight is 442 g/mol. The molecule has 1 aliphatic rings. The molecule has 0 aliphatic heterocycles. The van der Waals surface area contributed by atoms with Crippen LogP contribution < -0.4 is 29.6 Å². The second-order valence-corrected chi connectivity index (χ2v) is 7.97. The zero-order valence-corrected chi connectivity index (χ0v) is 20.8. The van der Waals surface area contributed by atoms with E-state index in [0.29, 0.717) is 24.0 Å². The number of Topliss-reactive ketones (excluding diaryl/α,β-unsaturated/α-hetero) is 2. The summed E-state index contributed by atoms with van der Waals surface area (Å²) >= 11 is 0. The van der Waals surface area contributed by atoms with Gasteiger partial charge in [-0.05, 0) is 26.2 Å². The third kappa shape index (κ3) is 9.92. The third-order valence-corrected chi connectivity index (χ3v) is 5.19. The van der Waals surface area contributed by atoms with Crippen LogP contribution in [0.5, 0.6) is 0 Å². The van der Waals surface area contributed by atoms with Gasteiger partial charge in [0.15, 0.2) is 0 Å². The van der Waals surface area contributed by atoms with Crippen molar-refractivity contribution in [2.75, 3.05) is 20.8 Å². The minimum atomic E-state index is -4.34. The maximum Gasteiger partial charge on any atom is 1.00 e. The Labute approximate surface area is 196 Å². The Morgan fingerprint density at radius 1 is 0.828 bits per heavy atom. The summed E-state index contributed by atoms with van der Waals surface area (Å²) in [5.74, 6) is -0.610. The van der Waals surface area contributed by atoms with E-state index in [0.717, 1.165) is 44.9 Å². The second-order valence-electron chi connectivity index (χ2n) is 6.73. The van der Waals surface area contributed by atoms with E-state index >= 15 is 0 Å². The molecule has 0 amide bonds. The van der Waals surface area contributed by atoms with Crippen LogP contribution in [0.15, 0.2) is 22.7 Å². The molecule has 0 unspecified atom stereocenters. The molecule has 0 aromatic heterocycles. The average Bonchev–Trinajstić information content (AvgIpc) is 2.63. The standard InChI is InChI=1S/C19H31O8P.Na.H/c1-14-15(17(21)19(26-3)18(25-2)16(14)20)12-10-8-6-4-5-7-9-11-13-27-28(22,23)24;;/h4-13H2,1-3H3,(H2,22,23,24);;/q;+1;-1. The number of allylic oxidation sites excluding steroid dienone is 2. The van der Waals surface area contributed by atoms with E-state index in [1.807, 2.05) is 0 Å². The van der Waals surface area contributed by atoms with Crippen LogP contribution >= 0.6 is 7.82 Å². The summed E-state index contributed by atoms with van der Waals surface area (Å²) in [6.45, 7) is 1.73. The maximum atomic E-state index is 12.5. The summed E-state index contributed by atoms with van der Waals surface area (Å²) in [5, 5.41) is 0. The van der Waals surface area contributed by atoms with E-state index in [2.05, 4.69) is 4.52 Å². The van der Waals surface area contributed by atoms with Crippen molar-refractivity contribution in [2.45, 2.75) is 64.7 Å². The van der Waals surface area contributed by atoms with Gasteiger partial charge in [0.25, 0.3) is 0 Å². The molecule has 0 radical (unpaired) electrons. The second kappa shape index (κ2) is 14.5. The fraction of sp³-hybridized carbons (Fsp3) is 0.684. The van der Waals surface area contributed by atoms with E-state index in [1.54, 1.807) is 6.92 Å². The van der Waals surface area contributed by atoms with Crippen LogP contribution in [-0.4, -0.2) is 42.2 Å². The monoisotopic (exact) mass is 442 g/mol. The van der Waals surface area contributed by atoms with Gasteiger partial charge in [-0.3, -0.25) is 14.1 Å². The van der Waals surface area contributed by atoms with Gasteiger partial charge in [-0.25, -0.2) is 4.57 Å². The first-order valence-corrected chi connectivity index (χ1v) is 11.1. The molecular weight excluding hydrogens is 410 g/mol. The molecule has 0 saturated carbocycles. The van der Waals surface area contributed by atoms with Crippen LogP contribution in [0.25, 0.3) is 0 Å². The predicted octanol–water partition coefficient (Wildman–Crippen LogP) is 0.696. The Morgan fingerprint density at radius 2 is 1.28 bits per heavy atom. The van der Waals surface area contributed by atoms with Crippen molar-refractivity contribution in [2.24, 2.45) is 0 Å². The van der Waals surface area contributed by atoms with Crippen molar-refractivity contribution in [3.8, 4) is 0 Å². The van der Waals surface area contributed by atoms with E-state index in [9.17, 15) is 14.2 Å². The minimum absolute atomic E-state index is 0. The first-order valence-electron chi connectivity index (χ1n) is 9.54. The largest absolute Gasteiger partial charge is 1.00 e. The molecule has 0 saturated heterocycles. The van der Waals surface area contributed by atoms with E-state index < -0.39 is 7.82 Å². The van der Waals surface area contributed by atoms with Crippen molar-refractivity contribution in [3.63, 3.8) is 0 Å². The zero-order chi connectivity index (χ0) is 21.2. The van der Waals surface area contributed by atoms with Gasteiger partial charge in [-0.15, -0.1) is 0 Å². The van der Waals surface area contributed by atoms with Crippen LogP contribution in [0.3, 0.4) is 0 Å². The SMILES string of the molecule is COC1=C(OC)C(=O)C(CCCCCCCCCCOP(=O)(O)O)=C(C)C1=O.[H-].[Na+]. The molecule has 2 N–H and O–H groups in total. The number of phosphoric acid groups is 1. The summed E-state index contributed by atoms with van der Waals surface area (Å²) in [7, 11) is -1.64. The van der Waals surface area contributed by atoms with Crippen LogP contribution in [0.2, 0.25) is 0 Å². The van der Waals surface area contributed by atoms with Gasteiger partial charge in [0.1, 0.15) is 0 Å². The Bertz CT molecular complexity index is 671. The molecule has 8 nitrogen and oxygen atoms in total. The van der Waals surface area contributed by atoms with Crippen molar-refractivity contribution >= 4 is 19.4 Å². The number of rotatable bonds is 14. The number of hydrogen-bond donors (Lipinski definition) is 2. The minimum Gasteiger partial charge on any atom is -1.00 e. The Hall–Kier alpha value is -0.470. The number of carbonyl (C=O) groups excluding carboxylic acids is 2. The Morgan fingerprint density at radius 3 is 1.76 bits per heavy atom. The van der Waals surface area contributed by atoms with Gasteiger partial charge >= 0.3 is 37.4 Å². The molecule has 1 aliphatic carbocycles. The number of methoxy groups -OCH3 is 2. The van der Waals surface area contributed by atoms with Crippen molar-refractivity contribution in [1.29, 1.82) is 0 Å². The smallest absolute Gasteiger partial charge is 1.00 e. The van der Waals surface area contributed by atoms with Crippen LogP contribution in [0.1, 0.15) is 66.1 Å². The van der Waals surface area contributed by atoms with Crippen molar-refractivity contribution in [1.82, 2.24) is 0 Å². The van der Waals surface area contributed by atoms with E-state index in [4.69, 9.17) is 19.3 Å². The van der Waals surface area contributed by atoms with Gasteiger partial charge in [0, 0.05) is 11.1 Å². The first-order chi connectivity index (χ1) is 13.2. The fourth-order valence-corrected chi connectivity index (χ4v) is 3.51. The van der Waals surface area contributed by atoms with Gasteiger partial charge in [0.05, 0.1) is 20.8 Å². The van der Waals surface area contributed by atoms with Gasteiger partial charge in [-0.2, -0.15) is 0 Å². The number of ether oxygens (including phenoxy) is 2. The number of phosphoric ester groups is 1. The Kier molecular flexibility index (Phi) is 14.3. The third-order valence-electron chi connectivity index (χ3n) is 4.67. The molecule has 29 heavy (non-hydrogen) atoms. The van der Waals surface area contributed by atoms with Crippen molar-refractivity contribution < 1.29 is 68.9 Å². The maximum absolute atomic E-state index is 12.5. The quantitative estimate of drug-likeness (QED) is 0.175. The van der Waals surface area contributed by atoms with Crippen LogP contribution in [-0.2, 0) is 28.2 Å². The molecule has 0 heterocycles. The zero-order valence-electron chi connectivity index (χ0n) is 18.9. The number of hydrogen-bond acceptors (Lipinski definition) is 6. The number of ketones is 2. The molecule has 1 rings (SSSR count). The van der Waals surface area contributed by atoms with Gasteiger partial charge in [-0.1, -0.05) is 38.5 Å². The molecule has 0 aromatic carbocycles. The molecule has 0 bridgehead atoms. The topological polar surface area (TPSA) is 119 Å². The van der Waals surface area contributed by atoms with Crippen LogP contribution in [0.4, 0.5) is 0 Å². The molecule has 10 heteroatoms. The molecule has 0 aromatic rings. The van der Waals surface area contributed by atoms with Crippen molar-refractivity contribution in [3.05, 3.63) is 22.7 Å². The summed E-state index contributed by atoms with van der Waals surface area (Å²) in [6.07, 6.45) is 7.95. The number of unbranched alkanes of at least 4 members (excludes halogenated alkanes) is 7. The molecule has 0 fully saturated rings. The fourth-order valence-electron chi connectivity index (χ4n) is 3.14. The van der Waals surface area contributed by atoms with Gasteiger partial charge < -0.3 is 20.7 Å². The summed E-state index contributed by atoms with van der Waals surface area (Å²) < 4.78 is 25.0. The summed E-state index contributed by atoms with van der Waals surface area (Å²) in [6, 6.07) is 0. The summed E-state index contributed by atoms with van der Waals surface area (Å²) in [5.41, 5.74) is 0.938. The molecular formula is C19H32NaO8P. The molecule has 0 atom stereocenters. The number of carbonyl (C=O) groups is 2. The van der Waals surface area contributed by atoms with E-state index in [1.165, 1.54) is 14.2 Å². The Balaban J connectivity index is 0. The van der Waals surface area contributed by atoms with Gasteiger partial charge in [0.2, 0.25) is 23.1 Å². The normalized spacial score (nSPS) is 14.9. The van der Waals surface area contributed by atoms with E-state index in [-0.39, 0.29) is 60.7 Å². The summed E-state index contributed by atoms with van der Waals surface area (Å²) in [4.78, 5) is 41.9.